The van der Waals surface area contributed by atoms with E-state index in [1.165, 1.54) is 30.1 Å². The minimum atomic E-state index is 0.808. The van der Waals surface area contributed by atoms with Gasteiger partial charge in [-0.05, 0) is 25.5 Å². The predicted octanol–water partition coefficient (Wildman–Crippen LogP) is 3.78. The molecule has 0 aliphatic heterocycles. The van der Waals surface area contributed by atoms with E-state index in [9.17, 15) is 0 Å². The highest BCUT2D eigenvalue weighted by Gasteiger charge is 2.13. The van der Waals surface area contributed by atoms with Crippen molar-refractivity contribution >= 4 is 22.2 Å². The molecule has 1 heterocycles. The number of anilines is 2. The topological polar surface area (TPSA) is 41.1 Å². The Kier molecular flexibility index (Phi) is 5.80. The minimum absolute atomic E-state index is 0.808. The number of hydrogen-bond acceptors (Lipinski definition) is 5. The molecule has 0 saturated heterocycles. The van der Waals surface area contributed by atoms with Crippen molar-refractivity contribution in [2.24, 2.45) is 0 Å². The average Bonchev–Trinajstić information content (AvgIpc) is 2.92. The molecule has 5 heteroatoms. The molecule has 0 atom stereocenters. The Morgan fingerprint density at radius 1 is 1.20 bits per heavy atom. The van der Waals surface area contributed by atoms with Gasteiger partial charge in [0.05, 0.1) is 6.54 Å². The molecular weight excluding hydrogens is 268 g/mol. The molecule has 0 amide bonds. The van der Waals surface area contributed by atoms with Gasteiger partial charge in [0.25, 0.3) is 0 Å². The summed E-state index contributed by atoms with van der Waals surface area (Å²) < 4.78 is 4.07. The molecule has 2 rings (SSSR count). The minimum Gasteiger partial charge on any atom is -0.374 e. The van der Waals surface area contributed by atoms with E-state index in [2.05, 4.69) is 64.0 Å². The van der Waals surface area contributed by atoms with Crippen molar-refractivity contribution in [1.29, 1.82) is 0 Å². The summed E-state index contributed by atoms with van der Waals surface area (Å²) in [5.74, 6) is 0. The van der Waals surface area contributed by atoms with Crippen LogP contribution < -0.4 is 10.2 Å². The second kappa shape index (κ2) is 7.85. The van der Waals surface area contributed by atoms with E-state index in [1.807, 2.05) is 0 Å². The average molecular weight is 290 g/mol. The second-order valence-corrected chi connectivity index (χ2v) is 5.44. The van der Waals surface area contributed by atoms with E-state index in [4.69, 9.17) is 0 Å². The fraction of sp³-hybridized carbons (Fsp3) is 0.467. The number of nitrogens with zero attached hydrogens (tertiary/aromatic N) is 3. The van der Waals surface area contributed by atoms with E-state index in [0.717, 1.165) is 30.3 Å². The third kappa shape index (κ3) is 3.93. The summed E-state index contributed by atoms with van der Waals surface area (Å²) in [6.45, 7) is 7.07. The summed E-state index contributed by atoms with van der Waals surface area (Å²) >= 11 is 1.44. The number of nitrogens with one attached hydrogen (secondary N) is 1. The van der Waals surface area contributed by atoms with Crippen LogP contribution in [0.4, 0.5) is 10.7 Å². The molecule has 0 fully saturated rings. The summed E-state index contributed by atoms with van der Waals surface area (Å²) in [5.41, 5.74) is 2.29. The summed E-state index contributed by atoms with van der Waals surface area (Å²) in [7, 11) is 0. The van der Waals surface area contributed by atoms with Crippen molar-refractivity contribution in [3.63, 3.8) is 0 Å². The highest BCUT2D eigenvalue weighted by Crippen LogP contribution is 2.23. The molecule has 2 aromatic rings. The van der Waals surface area contributed by atoms with Crippen LogP contribution in [0.5, 0.6) is 0 Å². The zero-order chi connectivity index (χ0) is 14.2. The number of unbranched alkanes of at least 4 members (excludes halogenated alkanes) is 1. The standard InChI is InChI=1S/C15H22N4S/c1-3-5-11-19(13-9-7-6-8-10-13)12-14-15(16-4-2)20-18-17-14/h6-10,16H,3-5,11-12H2,1-2H3. The molecule has 108 valence electrons. The fourth-order valence-corrected chi connectivity index (χ4v) is 2.72. The van der Waals surface area contributed by atoms with Gasteiger partial charge in [-0.15, -0.1) is 5.10 Å². The van der Waals surface area contributed by atoms with Crippen LogP contribution in [-0.4, -0.2) is 22.7 Å². The lowest BCUT2D eigenvalue weighted by molar-refractivity contribution is 0.707. The van der Waals surface area contributed by atoms with Gasteiger partial charge in [-0.25, -0.2) is 0 Å². The highest BCUT2D eigenvalue weighted by atomic mass is 32.1. The van der Waals surface area contributed by atoms with Gasteiger partial charge in [-0.1, -0.05) is 36.0 Å². The first-order valence-corrected chi connectivity index (χ1v) is 7.97. The van der Waals surface area contributed by atoms with Crippen LogP contribution in [0.15, 0.2) is 30.3 Å². The van der Waals surface area contributed by atoms with Gasteiger partial charge in [-0.2, -0.15) is 0 Å². The van der Waals surface area contributed by atoms with Gasteiger partial charge in [0, 0.05) is 30.3 Å². The molecule has 1 aromatic carbocycles. The maximum absolute atomic E-state index is 4.27. The van der Waals surface area contributed by atoms with Gasteiger partial charge in [-0.3, -0.25) is 0 Å². The van der Waals surface area contributed by atoms with Crippen molar-refractivity contribution in [3.8, 4) is 0 Å². The molecule has 0 radical (unpaired) electrons. The number of benzene rings is 1. The van der Waals surface area contributed by atoms with Gasteiger partial charge >= 0.3 is 0 Å². The summed E-state index contributed by atoms with van der Waals surface area (Å²) in [6.07, 6.45) is 2.38. The maximum atomic E-state index is 4.27. The number of rotatable bonds is 8. The van der Waals surface area contributed by atoms with Crippen molar-refractivity contribution < 1.29 is 0 Å². The largest absolute Gasteiger partial charge is 0.374 e. The van der Waals surface area contributed by atoms with Gasteiger partial charge in [0.15, 0.2) is 0 Å². The Hall–Kier alpha value is -1.62. The summed E-state index contributed by atoms with van der Waals surface area (Å²) in [5, 5.41) is 8.70. The first kappa shape index (κ1) is 14.8. The van der Waals surface area contributed by atoms with Gasteiger partial charge < -0.3 is 10.2 Å². The summed E-state index contributed by atoms with van der Waals surface area (Å²) in [4.78, 5) is 2.38. The van der Waals surface area contributed by atoms with E-state index in [0.29, 0.717) is 0 Å². The lowest BCUT2D eigenvalue weighted by atomic mass is 10.2. The van der Waals surface area contributed by atoms with Crippen LogP contribution in [0.2, 0.25) is 0 Å². The SMILES string of the molecule is CCCCN(Cc1nnsc1NCC)c1ccccc1. The molecule has 0 unspecified atom stereocenters. The van der Waals surface area contributed by atoms with Crippen LogP contribution in [-0.2, 0) is 6.54 Å². The van der Waals surface area contributed by atoms with Crippen LogP contribution in [0.1, 0.15) is 32.4 Å². The second-order valence-electron chi connectivity index (χ2n) is 4.69. The molecular formula is C15H22N4S. The molecule has 20 heavy (non-hydrogen) atoms. The monoisotopic (exact) mass is 290 g/mol. The fourth-order valence-electron chi connectivity index (χ4n) is 2.07. The Labute approximate surface area is 125 Å². The molecule has 0 aliphatic rings. The van der Waals surface area contributed by atoms with E-state index < -0.39 is 0 Å². The third-order valence-electron chi connectivity index (χ3n) is 3.14. The van der Waals surface area contributed by atoms with Crippen molar-refractivity contribution in [2.45, 2.75) is 33.2 Å². The molecule has 0 bridgehead atoms. The number of aromatic nitrogens is 2. The third-order valence-corrected chi connectivity index (χ3v) is 3.86. The summed E-state index contributed by atoms with van der Waals surface area (Å²) in [6, 6.07) is 10.5. The maximum Gasteiger partial charge on any atom is 0.135 e. The smallest absolute Gasteiger partial charge is 0.135 e. The molecule has 1 aromatic heterocycles. The van der Waals surface area contributed by atoms with Crippen molar-refractivity contribution in [1.82, 2.24) is 9.59 Å². The number of hydrogen-bond donors (Lipinski definition) is 1. The molecule has 4 nitrogen and oxygen atoms in total. The lowest BCUT2D eigenvalue weighted by Gasteiger charge is -2.24. The molecule has 0 aliphatic carbocycles. The van der Waals surface area contributed by atoms with Gasteiger partial charge in [0.2, 0.25) is 0 Å². The predicted molar refractivity (Wildman–Crippen MR) is 86.5 cm³/mol. The zero-order valence-corrected chi connectivity index (χ0v) is 13.0. The van der Waals surface area contributed by atoms with Crippen molar-refractivity contribution in [2.75, 3.05) is 23.3 Å². The lowest BCUT2D eigenvalue weighted by Crippen LogP contribution is -2.24. The van der Waals surface area contributed by atoms with Crippen LogP contribution in [0.25, 0.3) is 0 Å². The number of para-hydroxylation sites is 1. The molecule has 1 N–H and O–H groups in total. The molecule has 0 saturated carbocycles. The van der Waals surface area contributed by atoms with E-state index in [-0.39, 0.29) is 0 Å². The Morgan fingerprint density at radius 3 is 2.70 bits per heavy atom. The first-order valence-electron chi connectivity index (χ1n) is 7.20. The first-order chi connectivity index (χ1) is 9.85. The zero-order valence-electron chi connectivity index (χ0n) is 12.2. The van der Waals surface area contributed by atoms with Crippen LogP contribution in [0.3, 0.4) is 0 Å². The normalized spacial score (nSPS) is 10.5. The van der Waals surface area contributed by atoms with Crippen LogP contribution in [0, 0.1) is 0 Å². The van der Waals surface area contributed by atoms with E-state index >= 15 is 0 Å². The van der Waals surface area contributed by atoms with Crippen molar-refractivity contribution in [3.05, 3.63) is 36.0 Å². The Bertz CT molecular complexity index is 498. The quantitative estimate of drug-likeness (QED) is 0.803. The Morgan fingerprint density at radius 2 is 2.00 bits per heavy atom. The highest BCUT2D eigenvalue weighted by molar-refractivity contribution is 7.10. The Balaban J connectivity index is 2.13. The molecule has 0 spiro atoms. The van der Waals surface area contributed by atoms with Crippen LogP contribution >= 0.6 is 11.5 Å². The van der Waals surface area contributed by atoms with Gasteiger partial charge in [0.1, 0.15) is 10.7 Å². The van der Waals surface area contributed by atoms with E-state index in [1.54, 1.807) is 0 Å².